The van der Waals surface area contributed by atoms with E-state index in [0.29, 0.717) is 5.92 Å². The van der Waals surface area contributed by atoms with Crippen molar-refractivity contribution in [3.05, 3.63) is 69.2 Å². The molecule has 0 heterocycles. The van der Waals surface area contributed by atoms with Gasteiger partial charge in [-0.15, -0.1) is 0 Å². The maximum Gasteiger partial charge on any atom is 0.0576 e. The zero-order valence-electron chi connectivity index (χ0n) is 13.3. The van der Waals surface area contributed by atoms with Crippen LogP contribution in [0.15, 0.2) is 46.9 Å². The van der Waals surface area contributed by atoms with Crippen molar-refractivity contribution in [2.45, 2.75) is 39.2 Å². The van der Waals surface area contributed by atoms with Gasteiger partial charge in [-0.25, -0.2) is 0 Å². The van der Waals surface area contributed by atoms with Gasteiger partial charge in [-0.1, -0.05) is 60.1 Å². The normalized spacial score (nSPS) is 14.0. The predicted octanol–water partition coefficient (Wildman–Crippen LogP) is 5.58. The van der Waals surface area contributed by atoms with Crippen LogP contribution in [0.25, 0.3) is 0 Å². The SMILES string of the molecule is CCC(C)c1ccc(C(NC)c2ccc(Br)cc2C)cc1. The summed E-state index contributed by atoms with van der Waals surface area (Å²) in [6.07, 6.45) is 1.18. The van der Waals surface area contributed by atoms with Crippen molar-refractivity contribution in [2.75, 3.05) is 7.05 Å². The minimum absolute atomic E-state index is 0.240. The lowest BCUT2D eigenvalue weighted by Gasteiger charge is -2.20. The van der Waals surface area contributed by atoms with Crippen molar-refractivity contribution >= 4 is 15.9 Å². The van der Waals surface area contributed by atoms with E-state index < -0.39 is 0 Å². The molecule has 0 bridgehead atoms. The number of aryl methyl sites for hydroxylation is 1. The van der Waals surface area contributed by atoms with Gasteiger partial charge in [0.25, 0.3) is 0 Å². The van der Waals surface area contributed by atoms with Crippen LogP contribution < -0.4 is 5.32 Å². The molecule has 0 saturated carbocycles. The van der Waals surface area contributed by atoms with Crippen molar-refractivity contribution in [2.24, 2.45) is 0 Å². The van der Waals surface area contributed by atoms with Gasteiger partial charge in [0.1, 0.15) is 0 Å². The van der Waals surface area contributed by atoms with E-state index in [9.17, 15) is 0 Å². The van der Waals surface area contributed by atoms with E-state index in [0.717, 1.165) is 4.47 Å². The minimum Gasteiger partial charge on any atom is -0.309 e. The third-order valence-electron chi connectivity index (χ3n) is 4.28. The highest BCUT2D eigenvalue weighted by molar-refractivity contribution is 9.10. The van der Waals surface area contributed by atoms with E-state index in [1.165, 1.54) is 28.7 Å². The lowest BCUT2D eigenvalue weighted by Crippen LogP contribution is -2.18. The van der Waals surface area contributed by atoms with Crippen LogP contribution in [0.5, 0.6) is 0 Å². The highest BCUT2D eigenvalue weighted by Gasteiger charge is 2.14. The van der Waals surface area contributed by atoms with Crippen LogP contribution in [-0.4, -0.2) is 7.05 Å². The van der Waals surface area contributed by atoms with Gasteiger partial charge in [-0.3, -0.25) is 0 Å². The zero-order chi connectivity index (χ0) is 15.4. The first-order valence-corrected chi connectivity index (χ1v) is 8.39. The van der Waals surface area contributed by atoms with E-state index in [-0.39, 0.29) is 6.04 Å². The summed E-state index contributed by atoms with van der Waals surface area (Å²) < 4.78 is 1.13. The first-order valence-electron chi connectivity index (χ1n) is 7.60. The zero-order valence-corrected chi connectivity index (χ0v) is 14.9. The number of hydrogen-bond donors (Lipinski definition) is 1. The quantitative estimate of drug-likeness (QED) is 0.745. The lowest BCUT2D eigenvalue weighted by molar-refractivity contribution is 0.684. The fraction of sp³-hybridized carbons (Fsp3) is 0.368. The van der Waals surface area contributed by atoms with E-state index >= 15 is 0 Å². The second kappa shape index (κ2) is 7.24. The van der Waals surface area contributed by atoms with Crippen LogP contribution in [0.4, 0.5) is 0 Å². The van der Waals surface area contributed by atoms with Gasteiger partial charge in [-0.05, 0) is 60.7 Å². The Morgan fingerprint density at radius 1 is 1.05 bits per heavy atom. The molecule has 0 aliphatic carbocycles. The van der Waals surface area contributed by atoms with Gasteiger partial charge < -0.3 is 5.32 Å². The number of nitrogens with one attached hydrogen (secondary N) is 1. The van der Waals surface area contributed by atoms with Crippen molar-refractivity contribution in [3.8, 4) is 0 Å². The van der Waals surface area contributed by atoms with Crippen LogP contribution in [0.1, 0.15) is 54.5 Å². The molecular weight excluding hydrogens is 322 g/mol. The molecule has 2 unspecified atom stereocenters. The summed E-state index contributed by atoms with van der Waals surface area (Å²) in [5.74, 6) is 0.626. The molecule has 0 aliphatic heterocycles. The summed E-state index contributed by atoms with van der Waals surface area (Å²) in [6, 6.07) is 15.8. The maximum atomic E-state index is 3.54. The molecule has 0 amide bonds. The van der Waals surface area contributed by atoms with Gasteiger partial charge in [0.2, 0.25) is 0 Å². The van der Waals surface area contributed by atoms with Crippen molar-refractivity contribution in [1.29, 1.82) is 0 Å². The Bertz CT molecular complexity index is 589. The van der Waals surface area contributed by atoms with Crippen LogP contribution >= 0.6 is 15.9 Å². The van der Waals surface area contributed by atoms with Crippen LogP contribution in [0.3, 0.4) is 0 Å². The predicted molar refractivity (Wildman–Crippen MR) is 94.9 cm³/mol. The second-order valence-electron chi connectivity index (χ2n) is 5.70. The van der Waals surface area contributed by atoms with Crippen LogP contribution in [0, 0.1) is 6.92 Å². The Hall–Kier alpha value is -1.12. The third kappa shape index (κ3) is 3.75. The van der Waals surface area contributed by atoms with Crippen molar-refractivity contribution < 1.29 is 0 Å². The molecule has 0 aliphatic rings. The molecule has 2 aromatic carbocycles. The lowest BCUT2D eigenvalue weighted by atomic mass is 9.92. The molecule has 2 aromatic rings. The maximum absolute atomic E-state index is 3.54. The smallest absolute Gasteiger partial charge is 0.0576 e. The minimum atomic E-state index is 0.240. The molecule has 1 N–H and O–H groups in total. The molecular formula is C19H24BrN. The van der Waals surface area contributed by atoms with Gasteiger partial charge >= 0.3 is 0 Å². The third-order valence-corrected chi connectivity index (χ3v) is 4.78. The Morgan fingerprint density at radius 3 is 2.19 bits per heavy atom. The monoisotopic (exact) mass is 345 g/mol. The summed E-state index contributed by atoms with van der Waals surface area (Å²) in [4.78, 5) is 0. The number of rotatable bonds is 5. The van der Waals surface area contributed by atoms with Gasteiger partial charge in [0.15, 0.2) is 0 Å². The highest BCUT2D eigenvalue weighted by atomic mass is 79.9. The first kappa shape index (κ1) is 16.3. The summed E-state index contributed by atoms with van der Waals surface area (Å²) >= 11 is 3.54. The fourth-order valence-corrected chi connectivity index (χ4v) is 3.19. The Labute approximate surface area is 136 Å². The Balaban J connectivity index is 2.33. The number of halogens is 1. The highest BCUT2D eigenvalue weighted by Crippen LogP contribution is 2.28. The van der Waals surface area contributed by atoms with Crippen LogP contribution in [0.2, 0.25) is 0 Å². The molecule has 1 nitrogen and oxygen atoms in total. The molecule has 0 spiro atoms. The summed E-state index contributed by atoms with van der Waals surface area (Å²) in [5, 5.41) is 3.44. The summed E-state index contributed by atoms with van der Waals surface area (Å²) in [5.41, 5.74) is 5.37. The van der Waals surface area contributed by atoms with E-state index in [2.05, 4.69) is 84.5 Å². The average molecular weight is 346 g/mol. The van der Waals surface area contributed by atoms with E-state index in [1.54, 1.807) is 0 Å². The fourth-order valence-electron chi connectivity index (χ4n) is 2.72. The Morgan fingerprint density at radius 2 is 1.67 bits per heavy atom. The summed E-state index contributed by atoms with van der Waals surface area (Å²) in [7, 11) is 2.02. The molecule has 0 radical (unpaired) electrons. The van der Waals surface area contributed by atoms with E-state index in [4.69, 9.17) is 0 Å². The average Bonchev–Trinajstić information content (AvgIpc) is 2.50. The van der Waals surface area contributed by atoms with Gasteiger partial charge in [0, 0.05) is 4.47 Å². The van der Waals surface area contributed by atoms with Crippen molar-refractivity contribution in [3.63, 3.8) is 0 Å². The molecule has 2 heteroatoms. The van der Waals surface area contributed by atoms with Gasteiger partial charge in [-0.2, -0.15) is 0 Å². The molecule has 0 fully saturated rings. The van der Waals surface area contributed by atoms with E-state index in [1.807, 2.05) is 7.05 Å². The van der Waals surface area contributed by atoms with Crippen LogP contribution in [-0.2, 0) is 0 Å². The topological polar surface area (TPSA) is 12.0 Å². The first-order chi connectivity index (χ1) is 10.1. The molecule has 0 saturated heterocycles. The second-order valence-corrected chi connectivity index (χ2v) is 6.61. The molecule has 2 atom stereocenters. The Kier molecular flexibility index (Phi) is 5.60. The van der Waals surface area contributed by atoms with Crippen molar-refractivity contribution in [1.82, 2.24) is 5.32 Å². The molecule has 0 aromatic heterocycles. The standard InChI is InChI=1S/C19H24BrN/c1-5-13(2)15-6-8-16(9-7-15)19(21-4)18-11-10-17(20)12-14(18)3/h6-13,19,21H,5H2,1-4H3. The largest absolute Gasteiger partial charge is 0.309 e. The molecule has 112 valence electrons. The van der Waals surface area contributed by atoms with Gasteiger partial charge in [0.05, 0.1) is 6.04 Å². The molecule has 2 rings (SSSR count). The molecule has 21 heavy (non-hydrogen) atoms. The number of benzene rings is 2. The number of hydrogen-bond acceptors (Lipinski definition) is 1. The summed E-state index contributed by atoms with van der Waals surface area (Å²) in [6.45, 7) is 6.68.